The van der Waals surface area contributed by atoms with Gasteiger partial charge >= 0.3 is 29.8 Å². The quantitative estimate of drug-likeness (QED) is 0.0222. The van der Waals surface area contributed by atoms with Gasteiger partial charge in [0.2, 0.25) is 11.8 Å². The Bertz CT molecular complexity index is 6750. The number of halogens is 2. The van der Waals surface area contributed by atoms with E-state index in [1.807, 2.05) is 191 Å². The topological polar surface area (TPSA) is 388 Å². The summed E-state index contributed by atoms with van der Waals surface area (Å²) in [7, 11) is 0. The van der Waals surface area contributed by atoms with E-state index in [1.54, 1.807) is 124 Å². The third-order valence-corrected chi connectivity index (χ3v) is 20.0. The van der Waals surface area contributed by atoms with Crippen LogP contribution in [0.25, 0.3) is 56.3 Å². The Morgan fingerprint density at radius 3 is 1.04 bits per heavy atom. The molecular weight excluding hydrogens is 1810 g/mol. The molecule has 0 aliphatic heterocycles. The number of ether oxygens (including phenoxy) is 7. The number of carbonyl (C=O) groups excluding carboxylic acids is 5. The summed E-state index contributed by atoms with van der Waals surface area (Å²) in [5, 5.41) is 30.6. The zero-order valence-corrected chi connectivity index (χ0v) is 74.4. The van der Waals surface area contributed by atoms with E-state index in [-0.39, 0.29) is 38.7 Å². The van der Waals surface area contributed by atoms with Crippen molar-refractivity contribution < 1.29 is 84.7 Å². The molecule has 0 bridgehead atoms. The summed E-state index contributed by atoms with van der Waals surface area (Å²) in [5.41, 5.74) is 15.2. The van der Waals surface area contributed by atoms with Crippen LogP contribution in [0.1, 0.15) is 120 Å². The molecule has 0 spiro atoms. The molecule has 30 nitrogen and oxygen atoms in total. The summed E-state index contributed by atoms with van der Waals surface area (Å²) >= 11 is 6.89. The SMILES string of the molecule is Cc1ccc(-c2cc(COC(=O)c3ccc(Oc4ccccc4)nc3)on2)cc1.Cc1ccc(C(=O)OCc2cc(-c3ccc([N+](=O)[O-])cc3)no2)c(C)n1.Cc1ccc(C(=O)OCc2cc(-c3cccc(Br)c3)no2)c(C)n1.Cc1ccc(C(=O)OCc2cc(-c3ccccc3Br)no2)c(C)n1.O=C(OCc1cc(-c2ccccc2)no1)c1ccc(Oc2ccccc2)nc1. The molecule has 0 radical (unpaired) electrons. The van der Waals surface area contributed by atoms with E-state index in [1.165, 1.54) is 30.1 Å². The number of hydrogen-bond donors (Lipinski definition) is 0. The van der Waals surface area contributed by atoms with Gasteiger partial charge < -0.3 is 55.8 Å². The molecule has 0 atom stereocenters. The minimum absolute atomic E-state index is 0.00604. The number of rotatable bonds is 25. The number of para-hydroxylation sites is 2. The first-order valence-corrected chi connectivity index (χ1v) is 41.8. The molecule has 10 aromatic heterocycles. The van der Waals surface area contributed by atoms with Crippen molar-refractivity contribution in [2.24, 2.45) is 0 Å². The average Bonchev–Trinajstić information content (AvgIpc) is 1.74. The maximum Gasteiger partial charge on any atom is 0.340 e. The van der Waals surface area contributed by atoms with Crippen LogP contribution in [0.4, 0.5) is 5.69 Å². The highest BCUT2D eigenvalue weighted by Crippen LogP contribution is 2.31. The van der Waals surface area contributed by atoms with E-state index in [0.29, 0.717) is 131 Å². The van der Waals surface area contributed by atoms with Gasteiger partial charge in [0.15, 0.2) is 61.8 Å². The van der Waals surface area contributed by atoms with Crippen LogP contribution in [0.5, 0.6) is 23.3 Å². The molecule has 0 aliphatic carbocycles. The molecule has 0 aliphatic rings. The molecule has 0 N–H and O–H groups in total. The van der Waals surface area contributed by atoms with Crippen molar-refractivity contribution >= 4 is 67.4 Å². The molecule has 131 heavy (non-hydrogen) atoms. The Balaban J connectivity index is 0.000000140. The summed E-state index contributed by atoms with van der Waals surface area (Å²) in [6, 6.07) is 83.0. The molecule has 0 unspecified atom stereocenters. The van der Waals surface area contributed by atoms with Crippen LogP contribution in [0.15, 0.2) is 323 Å². The van der Waals surface area contributed by atoms with E-state index < -0.39 is 34.8 Å². The van der Waals surface area contributed by atoms with Crippen LogP contribution in [-0.4, -0.2) is 85.5 Å². The summed E-state index contributed by atoms with van der Waals surface area (Å²) in [6.07, 6.45) is 2.83. The molecule has 0 amide bonds. The number of aromatic nitrogens is 10. The smallest absolute Gasteiger partial charge is 0.340 e. The summed E-state index contributed by atoms with van der Waals surface area (Å²) < 4.78 is 65.6. The number of non-ortho nitro benzene ring substituents is 1. The summed E-state index contributed by atoms with van der Waals surface area (Å²) in [5.74, 6) is 2.02. The second-order valence-electron chi connectivity index (χ2n) is 28.7. The minimum Gasteiger partial charge on any atom is -0.454 e. The van der Waals surface area contributed by atoms with Crippen LogP contribution in [0, 0.1) is 58.6 Å². The first-order valence-electron chi connectivity index (χ1n) is 40.2. The molecule has 0 saturated carbocycles. The van der Waals surface area contributed by atoms with Crippen LogP contribution < -0.4 is 9.47 Å². The molecule has 32 heteroatoms. The van der Waals surface area contributed by atoms with Gasteiger partial charge in [0.1, 0.15) is 40.0 Å². The first kappa shape index (κ1) is 92.3. The number of hydrogen-bond acceptors (Lipinski definition) is 29. The van der Waals surface area contributed by atoms with Gasteiger partial charge in [-0.1, -0.05) is 185 Å². The lowest BCUT2D eigenvalue weighted by Crippen LogP contribution is -2.08. The number of carbonyl (C=O) groups is 5. The van der Waals surface area contributed by atoms with E-state index in [2.05, 4.69) is 82.6 Å². The lowest BCUT2D eigenvalue weighted by Gasteiger charge is -2.05. The maximum absolute atomic E-state index is 12.2. The third-order valence-electron chi connectivity index (χ3n) is 18.8. The molecule has 0 saturated heterocycles. The Morgan fingerprint density at radius 2 is 0.672 bits per heavy atom. The predicted molar refractivity (Wildman–Crippen MR) is 485 cm³/mol. The molecule has 17 rings (SSSR count). The zero-order chi connectivity index (χ0) is 92.1. The van der Waals surface area contributed by atoms with Crippen LogP contribution in [-0.2, 0) is 56.7 Å². The molecule has 10 heterocycles. The van der Waals surface area contributed by atoms with E-state index in [0.717, 1.165) is 48.3 Å². The number of benzene rings is 7. The third kappa shape index (κ3) is 26.9. The lowest BCUT2D eigenvalue weighted by atomic mass is 10.1. The fourth-order valence-electron chi connectivity index (χ4n) is 12.1. The van der Waals surface area contributed by atoms with Crippen molar-refractivity contribution in [3.8, 4) is 79.5 Å². The van der Waals surface area contributed by atoms with Gasteiger partial charge in [-0.15, -0.1) is 0 Å². The normalized spacial score (nSPS) is 10.5. The highest BCUT2D eigenvalue weighted by atomic mass is 79.9. The Hall–Kier alpha value is -16.4. The van der Waals surface area contributed by atoms with E-state index >= 15 is 0 Å². The van der Waals surface area contributed by atoms with Gasteiger partial charge in [-0.3, -0.25) is 25.1 Å². The second-order valence-corrected chi connectivity index (χ2v) is 30.4. The van der Waals surface area contributed by atoms with Crippen LogP contribution in [0.3, 0.4) is 0 Å². The Labute approximate surface area is 765 Å². The fraction of sp³-hybridized carbons (Fsp3) is 0.121. The summed E-state index contributed by atoms with van der Waals surface area (Å²) in [6.45, 7) is 12.9. The number of pyridine rings is 5. The number of esters is 5. The number of nitrogens with zero attached hydrogens (tertiary/aromatic N) is 11. The van der Waals surface area contributed by atoms with Crippen molar-refractivity contribution in [2.45, 2.75) is 81.5 Å². The van der Waals surface area contributed by atoms with Gasteiger partial charge in [0.25, 0.3) is 5.69 Å². The highest BCUT2D eigenvalue weighted by Gasteiger charge is 2.21. The predicted octanol–water partition coefficient (Wildman–Crippen LogP) is 22.6. The summed E-state index contributed by atoms with van der Waals surface area (Å²) in [4.78, 5) is 92.1. The number of nitro groups is 1. The van der Waals surface area contributed by atoms with Crippen LogP contribution >= 0.6 is 31.9 Å². The van der Waals surface area contributed by atoms with Gasteiger partial charge in [-0.05, 0) is 152 Å². The van der Waals surface area contributed by atoms with Crippen LogP contribution in [0.2, 0.25) is 0 Å². The number of nitro benzene ring substituents is 1. The van der Waals surface area contributed by atoms with Gasteiger partial charge in [0.05, 0.1) is 49.8 Å². The molecule has 0 fully saturated rings. The fourth-order valence-corrected chi connectivity index (χ4v) is 13.0. The lowest BCUT2D eigenvalue weighted by molar-refractivity contribution is -0.384. The van der Waals surface area contributed by atoms with Crippen molar-refractivity contribution in [3.63, 3.8) is 0 Å². The van der Waals surface area contributed by atoms with Gasteiger partial charge in [-0.2, -0.15) is 0 Å². The second kappa shape index (κ2) is 45.2. The first-order chi connectivity index (χ1) is 63.4. The van der Waals surface area contributed by atoms with Crippen molar-refractivity contribution in [3.05, 3.63) is 407 Å². The minimum atomic E-state index is -0.503. The highest BCUT2D eigenvalue weighted by molar-refractivity contribution is 9.10. The Morgan fingerprint density at radius 1 is 0.336 bits per heavy atom. The number of aryl methyl sites for hydroxylation is 7. The molecule has 658 valence electrons. The molecule has 17 aromatic rings. The Kier molecular flexibility index (Phi) is 31.8. The zero-order valence-electron chi connectivity index (χ0n) is 71.2. The molecule has 7 aromatic carbocycles. The van der Waals surface area contributed by atoms with Crippen molar-refractivity contribution in [1.82, 2.24) is 50.7 Å². The monoisotopic (exact) mass is 1880 g/mol. The van der Waals surface area contributed by atoms with E-state index in [9.17, 15) is 34.1 Å². The molecular formula is C99H79Br2N11O19. The largest absolute Gasteiger partial charge is 0.454 e. The van der Waals surface area contributed by atoms with E-state index in [4.69, 9.17) is 55.8 Å². The van der Waals surface area contributed by atoms with Crippen molar-refractivity contribution in [2.75, 3.05) is 0 Å². The van der Waals surface area contributed by atoms with Gasteiger partial charge in [-0.25, -0.2) is 33.9 Å². The standard InChI is InChI=1S/C23H18N2O4.C22H16N2O4.2C18H15BrN2O3.C18H15N3O5/c1-16-7-9-17(10-8-16)21-13-20(29-25-21)15-27-23(26)18-11-12-22(24-14-18)28-19-5-3-2-4-6-19;25-22(17-11-12-21(23-14-17)27-18-9-5-2-6-10-18)26-15-19-13-20(24-28-19)16-7-3-1-4-8-16;1-11-6-7-16(12(2)20-11)18(22)23-10-15-9-17(21-24-15)13-4-3-5-14(19)8-13;1-11-7-8-14(12(2)20-11)18(22)23-10-13-9-17(21-24-13)15-5-3-4-6-16(15)19;1-11-3-8-16(12(2)19-11)18(22)25-10-15-9-17(20-26-15)13-4-6-14(7-5-13)21(23)24/h2-14H,15H2,1H3;1-14H,15H2;2*3-9H,10H2,1-2H3;3-9H,10H2,1-2H3. The van der Waals surface area contributed by atoms with Crippen molar-refractivity contribution in [1.29, 1.82) is 0 Å². The maximum atomic E-state index is 12.2. The average molecular weight is 1890 g/mol. The van der Waals surface area contributed by atoms with Gasteiger partial charge in [0, 0.05) is 121 Å².